The number of nitrogens with one attached hydrogen (secondary N) is 3. The van der Waals surface area contributed by atoms with Gasteiger partial charge in [-0.05, 0) is 50.2 Å². The van der Waals surface area contributed by atoms with Gasteiger partial charge in [-0.25, -0.2) is 0 Å². The van der Waals surface area contributed by atoms with Crippen LogP contribution < -0.4 is 21.4 Å². The van der Waals surface area contributed by atoms with Crippen LogP contribution in [0.15, 0.2) is 35.3 Å². The fourth-order valence-corrected chi connectivity index (χ4v) is 6.50. The van der Waals surface area contributed by atoms with E-state index in [0.29, 0.717) is 63.4 Å². The lowest BCUT2D eigenvalue weighted by Gasteiger charge is -2.39. The number of aromatic nitrogens is 1. The number of aliphatic carboxylic acids is 1. The third kappa shape index (κ3) is 8.48. The SMILES string of the molecule is CCC(=O)CCCCC[C@@H]1NC(=O)[C@H]2CCCCN2C(=O)[C@H]([C@@H](C)CC)NC(=O)[C@H](c2cn(CC(=O)O)c3ccccc3c2=O)NC1=O. The second kappa shape index (κ2) is 16.5. The van der Waals surface area contributed by atoms with E-state index < -0.39 is 65.7 Å². The molecule has 4 rings (SSSR count). The summed E-state index contributed by atoms with van der Waals surface area (Å²) in [5, 5.41) is 18.1. The van der Waals surface area contributed by atoms with E-state index in [2.05, 4.69) is 16.0 Å². The third-order valence-corrected chi connectivity index (χ3v) is 9.52. The molecule has 1 aromatic heterocycles. The number of Topliss-reactive ketones (excluding diaryl/α,β-unsaturated/α-hetero) is 1. The van der Waals surface area contributed by atoms with Gasteiger partial charge in [-0.2, -0.15) is 0 Å². The van der Waals surface area contributed by atoms with E-state index in [1.54, 1.807) is 32.0 Å². The van der Waals surface area contributed by atoms with Gasteiger partial charge in [-0.15, -0.1) is 0 Å². The Morgan fingerprint density at radius 3 is 2.40 bits per heavy atom. The highest BCUT2D eigenvalue weighted by molar-refractivity contribution is 5.98. The fourth-order valence-electron chi connectivity index (χ4n) is 6.50. The van der Waals surface area contributed by atoms with Crippen molar-refractivity contribution >= 4 is 46.3 Å². The van der Waals surface area contributed by atoms with E-state index in [-0.39, 0.29) is 29.1 Å². The van der Waals surface area contributed by atoms with Gasteiger partial charge in [0.15, 0.2) is 5.43 Å². The highest BCUT2D eigenvalue weighted by Gasteiger charge is 2.41. The van der Waals surface area contributed by atoms with Crippen molar-refractivity contribution < 1.29 is 33.9 Å². The number of hydrogen-bond donors (Lipinski definition) is 4. The van der Waals surface area contributed by atoms with Crippen LogP contribution in [0.25, 0.3) is 10.9 Å². The molecular formula is C35H47N5O8. The number of nitrogens with zero attached hydrogens (tertiary/aromatic N) is 2. The molecule has 3 heterocycles. The molecule has 2 fully saturated rings. The van der Waals surface area contributed by atoms with E-state index >= 15 is 0 Å². The topological polar surface area (TPSA) is 184 Å². The molecule has 13 heteroatoms. The molecule has 2 aromatic rings. The minimum absolute atomic E-state index is 0.141. The quantitative estimate of drug-likeness (QED) is 0.249. The minimum Gasteiger partial charge on any atom is -0.480 e. The molecule has 2 saturated heterocycles. The van der Waals surface area contributed by atoms with Crippen LogP contribution in [-0.4, -0.2) is 74.6 Å². The lowest BCUT2D eigenvalue weighted by molar-refractivity contribution is -0.147. The smallest absolute Gasteiger partial charge is 0.323 e. The van der Waals surface area contributed by atoms with E-state index in [0.717, 1.165) is 6.42 Å². The zero-order chi connectivity index (χ0) is 35.0. The molecule has 4 N–H and O–H groups in total. The van der Waals surface area contributed by atoms with Crippen molar-refractivity contribution in [2.45, 2.75) is 116 Å². The van der Waals surface area contributed by atoms with E-state index in [1.165, 1.54) is 21.7 Å². The number of ketones is 1. The van der Waals surface area contributed by atoms with Crippen LogP contribution >= 0.6 is 0 Å². The first kappa shape index (κ1) is 36.3. The van der Waals surface area contributed by atoms with Gasteiger partial charge >= 0.3 is 5.97 Å². The number of carbonyl (C=O) groups is 6. The third-order valence-electron chi connectivity index (χ3n) is 9.52. The lowest BCUT2D eigenvalue weighted by Crippen LogP contribution is -2.63. The van der Waals surface area contributed by atoms with Gasteiger partial charge in [0, 0.05) is 36.5 Å². The highest BCUT2D eigenvalue weighted by Crippen LogP contribution is 2.24. The molecule has 0 saturated carbocycles. The normalized spacial score (nSPS) is 22.9. The zero-order valence-corrected chi connectivity index (χ0v) is 28.0. The number of piperidine rings is 1. The molecule has 13 nitrogen and oxygen atoms in total. The summed E-state index contributed by atoms with van der Waals surface area (Å²) in [6, 6.07) is 1.82. The second-order valence-electron chi connectivity index (χ2n) is 12.9. The minimum atomic E-state index is -1.60. The van der Waals surface area contributed by atoms with Crippen molar-refractivity contribution in [1.82, 2.24) is 25.4 Å². The second-order valence-corrected chi connectivity index (χ2v) is 12.9. The number of para-hydroxylation sites is 1. The molecular weight excluding hydrogens is 618 g/mol. The lowest BCUT2D eigenvalue weighted by atomic mass is 9.93. The standard InChI is InChI=1S/C35H47N5O8/c1-4-21(3)29-35(48)40-18-12-11-17-27(40)33(46)36-25(15-8-6-7-13-22(41)5-2)32(45)38-30(34(47)37-29)24-19-39(20-28(42)43)26-16-10-9-14-23(26)31(24)44/h9-10,14,16,19,21,25,27,29-30H,4-8,11-13,15,17-18,20H2,1-3H3,(H,36,46)(H,37,47)(H,38,45)(H,42,43)/t21-,25-,27+,29-,30-/m0/s1. The van der Waals surface area contributed by atoms with Crippen LogP contribution in [0.1, 0.15) is 96.6 Å². The summed E-state index contributed by atoms with van der Waals surface area (Å²) >= 11 is 0. The summed E-state index contributed by atoms with van der Waals surface area (Å²) in [7, 11) is 0. The first-order valence-electron chi connectivity index (χ1n) is 17.0. The van der Waals surface area contributed by atoms with Crippen molar-refractivity contribution in [3.05, 3.63) is 46.2 Å². The van der Waals surface area contributed by atoms with Crippen LogP contribution in [0, 0.1) is 5.92 Å². The maximum Gasteiger partial charge on any atom is 0.323 e. The van der Waals surface area contributed by atoms with Gasteiger partial charge in [-0.3, -0.25) is 33.6 Å². The van der Waals surface area contributed by atoms with E-state index in [9.17, 15) is 38.7 Å². The summed E-state index contributed by atoms with van der Waals surface area (Å²) in [6.45, 7) is 5.28. The Morgan fingerprint density at radius 1 is 0.938 bits per heavy atom. The average Bonchev–Trinajstić information content (AvgIpc) is 3.08. The Bertz CT molecular complexity index is 1600. The molecule has 0 bridgehead atoms. The van der Waals surface area contributed by atoms with Gasteiger partial charge in [0.25, 0.3) is 0 Å². The molecule has 1 aromatic carbocycles. The van der Waals surface area contributed by atoms with Crippen molar-refractivity contribution in [3.63, 3.8) is 0 Å². The number of unbranched alkanes of at least 4 members (excludes halogenated alkanes) is 2. The number of carboxylic acid groups (broad SMARTS) is 1. The van der Waals surface area contributed by atoms with Gasteiger partial charge < -0.3 is 30.5 Å². The maximum absolute atomic E-state index is 14.2. The molecule has 0 spiro atoms. The number of hydrogen-bond acceptors (Lipinski definition) is 7. The predicted octanol–water partition coefficient (Wildman–Crippen LogP) is 2.58. The highest BCUT2D eigenvalue weighted by atomic mass is 16.4. The Hall–Kier alpha value is -4.55. The van der Waals surface area contributed by atoms with Gasteiger partial charge in [0.2, 0.25) is 23.6 Å². The summed E-state index contributed by atoms with van der Waals surface area (Å²) in [5.74, 6) is -3.76. The van der Waals surface area contributed by atoms with Crippen molar-refractivity contribution in [3.8, 4) is 0 Å². The molecule has 0 unspecified atom stereocenters. The Morgan fingerprint density at radius 2 is 1.69 bits per heavy atom. The van der Waals surface area contributed by atoms with Crippen molar-refractivity contribution in [2.24, 2.45) is 5.92 Å². The number of carboxylic acids is 1. The Labute approximate surface area is 279 Å². The molecule has 260 valence electrons. The predicted molar refractivity (Wildman–Crippen MR) is 178 cm³/mol. The summed E-state index contributed by atoms with van der Waals surface area (Å²) in [6.07, 6.45) is 6.41. The molecule has 2 aliphatic rings. The van der Waals surface area contributed by atoms with Crippen LogP contribution in [-0.2, 0) is 35.3 Å². The molecule has 2 aliphatic heterocycles. The first-order valence-corrected chi connectivity index (χ1v) is 17.0. The molecule has 4 amide bonds. The number of benzene rings is 1. The van der Waals surface area contributed by atoms with Crippen LogP contribution in [0.3, 0.4) is 0 Å². The fraction of sp³-hybridized carbons (Fsp3) is 0.571. The van der Waals surface area contributed by atoms with E-state index in [4.69, 9.17) is 0 Å². The van der Waals surface area contributed by atoms with E-state index in [1.807, 2.05) is 6.92 Å². The van der Waals surface area contributed by atoms with Crippen molar-refractivity contribution in [2.75, 3.05) is 6.54 Å². The zero-order valence-electron chi connectivity index (χ0n) is 28.0. The molecule has 0 aliphatic carbocycles. The van der Waals surface area contributed by atoms with Crippen molar-refractivity contribution in [1.29, 1.82) is 0 Å². The van der Waals surface area contributed by atoms with Gasteiger partial charge in [0.1, 0.15) is 36.5 Å². The van der Waals surface area contributed by atoms with Gasteiger partial charge in [0.05, 0.1) is 5.52 Å². The maximum atomic E-state index is 14.2. The summed E-state index contributed by atoms with van der Waals surface area (Å²) in [4.78, 5) is 95.1. The van der Waals surface area contributed by atoms with Gasteiger partial charge in [-0.1, -0.05) is 52.2 Å². The number of pyridine rings is 1. The first-order chi connectivity index (χ1) is 23.0. The summed E-state index contributed by atoms with van der Waals surface area (Å²) < 4.78 is 1.33. The van der Waals surface area contributed by atoms with Crippen LogP contribution in [0.2, 0.25) is 0 Å². The molecule has 48 heavy (non-hydrogen) atoms. The number of carbonyl (C=O) groups excluding carboxylic acids is 5. The molecule has 5 atom stereocenters. The number of rotatable bonds is 12. The summed E-state index contributed by atoms with van der Waals surface area (Å²) in [5.41, 5.74) is -0.417. The number of amides is 4. The van der Waals surface area contributed by atoms with Crippen LogP contribution in [0.5, 0.6) is 0 Å². The monoisotopic (exact) mass is 665 g/mol. The average molecular weight is 666 g/mol. The Kier molecular flexibility index (Phi) is 12.5. The van der Waals surface area contributed by atoms with Crippen LogP contribution in [0.4, 0.5) is 0 Å². The molecule has 0 radical (unpaired) electrons. The number of fused-ring (bicyclic) bond motifs is 2. The Balaban J connectivity index is 1.79. The largest absolute Gasteiger partial charge is 0.480 e.